The molecule has 3 atom stereocenters. The number of carbonyl (C=O) groups excluding carboxylic acids is 2. The summed E-state index contributed by atoms with van der Waals surface area (Å²) in [5, 5.41) is 4.03. The molecule has 3 heterocycles. The second-order valence-corrected chi connectivity index (χ2v) is 8.84. The van der Waals surface area contributed by atoms with Crippen molar-refractivity contribution >= 4 is 40.1 Å². The monoisotopic (exact) mass is 399 g/mol. The van der Waals surface area contributed by atoms with Gasteiger partial charge in [-0.25, -0.2) is 0 Å². The zero-order valence-corrected chi connectivity index (χ0v) is 16.9. The number of esters is 1. The molecule has 4 nitrogen and oxygen atoms in total. The summed E-state index contributed by atoms with van der Waals surface area (Å²) in [6, 6.07) is 8.08. The lowest BCUT2D eigenvalue weighted by Crippen LogP contribution is -2.37. The van der Waals surface area contributed by atoms with Crippen LogP contribution < -0.4 is 0 Å². The van der Waals surface area contributed by atoms with E-state index in [0.717, 1.165) is 22.7 Å². The van der Waals surface area contributed by atoms with Gasteiger partial charge >= 0.3 is 5.97 Å². The van der Waals surface area contributed by atoms with Crippen LogP contribution in [0.25, 0.3) is 0 Å². The highest BCUT2D eigenvalue weighted by atomic mass is 32.1. The molecule has 2 aromatic heterocycles. The molecule has 4 rings (SSSR count). The SMILES string of the molecule is CCOC(=O)C1C(C)=NC2=C(C(=O)C[C@@H](c3cccs3)C2)[C@H]1c1cccs1. The Hall–Kier alpha value is -2.05. The van der Waals surface area contributed by atoms with Gasteiger partial charge in [-0.05, 0) is 43.2 Å². The minimum atomic E-state index is -0.524. The molecular formula is C21H21NO3S2. The highest BCUT2D eigenvalue weighted by molar-refractivity contribution is 7.10. The van der Waals surface area contributed by atoms with Gasteiger partial charge in [-0.15, -0.1) is 22.7 Å². The average molecular weight is 400 g/mol. The Kier molecular flexibility index (Phi) is 5.10. The van der Waals surface area contributed by atoms with E-state index in [9.17, 15) is 9.59 Å². The molecular weight excluding hydrogens is 378 g/mol. The number of ketones is 1. The molecule has 0 spiro atoms. The van der Waals surface area contributed by atoms with Crippen LogP contribution in [0.15, 0.2) is 51.3 Å². The highest BCUT2D eigenvalue weighted by Crippen LogP contribution is 2.48. The fraction of sp³-hybridized carbons (Fsp3) is 0.381. The number of allylic oxidation sites excluding steroid dienone is 2. The van der Waals surface area contributed by atoms with E-state index in [2.05, 4.69) is 6.07 Å². The number of thiophene rings is 2. The first kappa shape index (κ1) is 18.3. The van der Waals surface area contributed by atoms with Gasteiger partial charge in [0.15, 0.2) is 5.78 Å². The summed E-state index contributed by atoms with van der Waals surface area (Å²) in [4.78, 5) is 32.9. The molecule has 0 saturated carbocycles. The first-order valence-electron chi connectivity index (χ1n) is 9.15. The Balaban J connectivity index is 1.78. The maximum atomic E-state index is 13.2. The predicted octanol–water partition coefficient (Wildman–Crippen LogP) is 4.95. The van der Waals surface area contributed by atoms with Gasteiger partial charge in [0.1, 0.15) is 5.92 Å². The van der Waals surface area contributed by atoms with Crippen LogP contribution in [0.5, 0.6) is 0 Å². The number of carbonyl (C=O) groups is 2. The Morgan fingerprint density at radius 1 is 1.19 bits per heavy atom. The molecule has 140 valence electrons. The summed E-state index contributed by atoms with van der Waals surface area (Å²) in [5.74, 6) is -0.815. The predicted molar refractivity (Wildman–Crippen MR) is 109 cm³/mol. The Bertz CT molecular complexity index is 909. The van der Waals surface area contributed by atoms with Gasteiger partial charge in [0.2, 0.25) is 0 Å². The minimum absolute atomic E-state index is 0.110. The van der Waals surface area contributed by atoms with Gasteiger partial charge < -0.3 is 4.74 Å². The van der Waals surface area contributed by atoms with Crippen LogP contribution in [0.4, 0.5) is 0 Å². The first-order valence-corrected chi connectivity index (χ1v) is 10.9. The maximum Gasteiger partial charge on any atom is 0.315 e. The molecule has 27 heavy (non-hydrogen) atoms. The molecule has 0 N–H and O–H groups in total. The lowest BCUT2D eigenvalue weighted by atomic mass is 9.72. The Morgan fingerprint density at radius 3 is 2.52 bits per heavy atom. The van der Waals surface area contributed by atoms with Gasteiger partial charge in [-0.2, -0.15) is 0 Å². The molecule has 0 radical (unpaired) electrons. The second kappa shape index (κ2) is 7.52. The lowest BCUT2D eigenvalue weighted by molar-refractivity contribution is -0.146. The van der Waals surface area contributed by atoms with Crippen molar-refractivity contribution in [3.63, 3.8) is 0 Å². The molecule has 1 unspecified atom stereocenters. The van der Waals surface area contributed by atoms with E-state index in [0.29, 0.717) is 18.6 Å². The molecule has 1 aliphatic carbocycles. The number of hydrogen-bond acceptors (Lipinski definition) is 6. The van der Waals surface area contributed by atoms with Crippen LogP contribution >= 0.6 is 22.7 Å². The van der Waals surface area contributed by atoms with Gasteiger partial charge in [-0.3, -0.25) is 14.6 Å². The summed E-state index contributed by atoms with van der Waals surface area (Å²) in [6.07, 6.45) is 1.22. The maximum absolute atomic E-state index is 13.2. The summed E-state index contributed by atoms with van der Waals surface area (Å²) in [6.45, 7) is 4.00. The third-order valence-corrected chi connectivity index (χ3v) is 7.21. The van der Waals surface area contributed by atoms with Crippen molar-refractivity contribution in [1.82, 2.24) is 0 Å². The van der Waals surface area contributed by atoms with E-state index >= 15 is 0 Å². The molecule has 6 heteroatoms. The average Bonchev–Trinajstić information content (AvgIpc) is 3.34. The van der Waals surface area contributed by atoms with Gasteiger partial charge in [0, 0.05) is 45.0 Å². The fourth-order valence-corrected chi connectivity index (χ4v) is 5.80. The molecule has 2 aliphatic rings. The van der Waals surface area contributed by atoms with Gasteiger partial charge in [0.25, 0.3) is 0 Å². The van der Waals surface area contributed by atoms with Crippen molar-refractivity contribution in [2.24, 2.45) is 10.9 Å². The molecule has 0 saturated heterocycles. The van der Waals surface area contributed by atoms with E-state index in [4.69, 9.17) is 9.73 Å². The number of rotatable bonds is 4. The number of ether oxygens (including phenoxy) is 1. The normalized spacial score (nSPS) is 25.2. The molecule has 0 amide bonds. The van der Waals surface area contributed by atoms with Gasteiger partial charge in [0.05, 0.1) is 6.61 Å². The van der Waals surface area contributed by atoms with Crippen molar-refractivity contribution < 1.29 is 14.3 Å². The van der Waals surface area contributed by atoms with E-state index in [1.165, 1.54) is 4.88 Å². The smallest absolute Gasteiger partial charge is 0.315 e. The standard InChI is InChI=1S/C21H21NO3S2/c1-3-25-21(24)18-12(2)22-14-10-13(16-6-4-8-26-16)11-15(23)19(14)20(18)17-7-5-9-27-17/h4-9,13,18,20H,3,10-11H2,1-2H3/t13-,18?,20-/m0/s1. The minimum Gasteiger partial charge on any atom is -0.465 e. The van der Waals surface area contributed by atoms with Crippen molar-refractivity contribution in [3.05, 3.63) is 56.1 Å². The summed E-state index contributed by atoms with van der Waals surface area (Å²) in [5.41, 5.74) is 2.31. The molecule has 0 aromatic carbocycles. The van der Waals surface area contributed by atoms with Crippen LogP contribution in [0, 0.1) is 5.92 Å². The van der Waals surface area contributed by atoms with E-state index in [1.54, 1.807) is 29.6 Å². The quantitative estimate of drug-likeness (QED) is 0.684. The van der Waals surface area contributed by atoms with E-state index in [1.807, 2.05) is 35.9 Å². The van der Waals surface area contributed by atoms with Crippen molar-refractivity contribution in [3.8, 4) is 0 Å². The van der Waals surface area contributed by atoms with E-state index in [-0.39, 0.29) is 23.6 Å². The zero-order valence-electron chi connectivity index (χ0n) is 15.3. The molecule has 0 bridgehead atoms. The summed E-state index contributed by atoms with van der Waals surface area (Å²) < 4.78 is 5.33. The zero-order chi connectivity index (χ0) is 19.0. The molecule has 0 fully saturated rings. The summed E-state index contributed by atoms with van der Waals surface area (Å²) in [7, 11) is 0. The Labute approximate surface area is 166 Å². The van der Waals surface area contributed by atoms with E-state index < -0.39 is 5.92 Å². The second-order valence-electron chi connectivity index (χ2n) is 6.88. The van der Waals surface area contributed by atoms with Gasteiger partial charge in [-0.1, -0.05) is 12.1 Å². The first-order chi connectivity index (χ1) is 13.1. The van der Waals surface area contributed by atoms with Crippen molar-refractivity contribution in [2.45, 2.75) is 38.5 Å². The highest BCUT2D eigenvalue weighted by Gasteiger charge is 2.45. The number of aliphatic imine (C=N–C) groups is 1. The number of nitrogens with zero attached hydrogens (tertiary/aromatic N) is 1. The number of Topliss-reactive ketones (excluding diaryl/α,β-unsaturated/α-hetero) is 1. The van der Waals surface area contributed by atoms with Crippen molar-refractivity contribution in [1.29, 1.82) is 0 Å². The third-order valence-electron chi connectivity index (χ3n) is 5.22. The van der Waals surface area contributed by atoms with Crippen LogP contribution in [0.2, 0.25) is 0 Å². The summed E-state index contributed by atoms with van der Waals surface area (Å²) >= 11 is 3.27. The largest absolute Gasteiger partial charge is 0.465 e. The molecule has 2 aromatic rings. The number of hydrogen-bond donors (Lipinski definition) is 0. The van der Waals surface area contributed by atoms with Crippen LogP contribution in [-0.4, -0.2) is 24.1 Å². The lowest BCUT2D eigenvalue weighted by Gasteiger charge is -2.35. The van der Waals surface area contributed by atoms with Crippen LogP contribution in [0.1, 0.15) is 48.3 Å². The Morgan fingerprint density at radius 2 is 1.89 bits per heavy atom. The third kappa shape index (κ3) is 3.32. The fourth-order valence-electron chi connectivity index (χ4n) is 4.10. The van der Waals surface area contributed by atoms with Crippen molar-refractivity contribution in [2.75, 3.05) is 6.61 Å². The topological polar surface area (TPSA) is 55.7 Å². The van der Waals surface area contributed by atoms with Crippen LogP contribution in [-0.2, 0) is 14.3 Å². The molecule has 1 aliphatic heterocycles. The van der Waals surface area contributed by atoms with Crippen LogP contribution in [0.3, 0.4) is 0 Å².